The Labute approximate surface area is 122 Å². The lowest BCUT2D eigenvalue weighted by Crippen LogP contribution is -2.05. The van der Waals surface area contributed by atoms with Crippen LogP contribution in [0.4, 0.5) is 5.82 Å². The Bertz CT molecular complexity index is 679. The molecular formula is C15H17N3O3. The van der Waals surface area contributed by atoms with E-state index in [4.69, 9.17) is 15.2 Å². The van der Waals surface area contributed by atoms with Gasteiger partial charge in [-0.2, -0.15) is 5.10 Å². The molecule has 1 aromatic carbocycles. The van der Waals surface area contributed by atoms with Gasteiger partial charge in [0.2, 0.25) is 6.79 Å². The van der Waals surface area contributed by atoms with Crippen molar-refractivity contribution in [3.63, 3.8) is 0 Å². The summed E-state index contributed by atoms with van der Waals surface area (Å²) in [7, 11) is 0. The molecular weight excluding hydrogens is 270 g/mol. The summed E-state index contributed by atoms with van der Waals surface area (Å²) in [5.74, 6) is 1.77. The highest BCUT2D eigenvalue weighted by Gasteiger charge is 2.20. The molecule has 1 aliphatic rings. The number of hydrogen-bond acceptors (Lipinski definition) is 5. The zero-order valence-corrected chi connectivity index (χ0v) is 11.8. The van der Waals surface area contributed by atoms with E-state index < -0.39 is 0 Å². The molecule has 0 aliphatic carbocycles. The maximum atomic E-state index is 11.4. The van der Waals surface area contributed by atoms with Gasteiger partial charge in [0.25, 0.3) is 0 Å². The molecule has 0 bridgehead atoms. The molecule has 2 aromatic rings. The number of ether oxygens (including phenoxy) is 2. The molecule has 0 unspecified atom stereocenters. The third kappa shape index (κ3) is 2.33. The SMILES string of the molecule is CCCCn1nc(-c2ccc3c(c2)OCO3)c(C=O)c1N. The molecule has 3 rings (SSSR count). The predicted octanol–water partition coefficient (Wildman–Crippen LogP) is 2.47. The van der Waals surface area contributed by atoms with Gasteiger partial charge in [0.1, 0.15) is 11.5 Å². The molecule has 6 nitrogen and oxygen atoms in total. The summed E-state index contributed by atoms with van der Waals surface area (Å²) < 4.78 is 12.3. The fourth-order valence-electron chi connectivity index (χ4n) is 2.34. The quantitative estimate of drug-likeness (QED) is 0.855. The van der Waals surface area contributed by atoms with Crippen LogP contribution in [0.15, 0.2) is 18.2 Å². The third-order valence-electron chi connectivity index (χ3n) is 3.52. The molecule has 6 heteroatoms. The van der Waals surface area contributed by atoms with Gasteiger partial charge in [-0.3, -0.25) is 4.79 Å². The zero-order chi connectivity index (χ0) is 14.8. The van der Waals surface area contributed by atoms with E-state index in [2.05, 4.69) is 12.0 Å². The van der Waals surface area contributed by atoms with Gasteiger partial charge in [-0.15, -0.1) is 0 Å². The van der Waals surface area contributed by atoms with Crippen LogP contribution in [0, 0.1) is 0 Å². The summed E-state index contributed by atoms with van der Waals surface area (Å²) in [4.78, 5) is 11.4. The first kappa shape index (κ1) is 13.5. The molecule has 2 N–H and O–H groups in total. The Hall–Kier alpha value is -2.50. The Morgan fingerprint density at radius 2 is 2.19 bits per heavy atom. The van der Waals surface area contributed by atoms with E-state index in [0.717, 1.165) is 24.7 Å². The van der Waals surface area contributed by atoms with Crippen molar-refractivity contribution in [1.82, 2.24) is 9.78 Å². The second-order valence-electron chi connectivity index (χ2n) is 4.91. The first-order valence-electron chi connectivity index (χ1n) is 6.96. The number of fused-ring (bicyclic) bond motifs is 1. The van der Waals surface area contributed by atoms with Crippen molar-refractivity contribution < 1.29 is 14.3 Å². The Kier molecular flexibility index (Phi) is 3.51. The fraction of sp³-hybridized carbons (Fsp3) is 0.333. The van der Waals surface area contributed by atoms with Gasteiger partial charge in [0, 0.05) is 12.1 Å². The molecule has 110 valence electrons. The van der Waals surface area contributed by atoms with Gasteiger partial charge in [-0.05, 0) is 24.6 Å². The molecule has 1 aromatic heterocycles. The van der Waals surface area contributed by atoms with E-state index in [0.29, 0.717) is 35.1 Å². The fourth-order valence-corrected chi connectivity index (χ4v) is 2.34. The highest BCUT2D eigenvalue weighted by atomic mass is 16.7. The van der Waals surface area contributed by atoms with Gasteiger partial charge in [-0.1, -0.05) is 13.3 Å². The van der Waals surface area contributed by atoms with Crippen molar-refractivity contribution in [3.8, 4) is 22.8 Å². The van der Waals surface area contributed by atoms with Crippen LogP contribution in [0.1, 0.15) is 30.1 Å². The average Bonchev–Trinajstić information content (AvgIpc) is 3.08. The highest BCUT2D eigenvalue weighted by molar-refractivity contribution is 5.91. The van der Waals surface area contributed by atoms with Crippen LogP contribution in [-0.2, 0) is 6.54 Å². The number of benzene rings is 1. The average molecular weight is 287 g/mol. The van der Waals surface area contributed by atoms with E-state index >= 15 is 0 Å². The number of aromatic nitrogens is 2. The van der Waals surface area contributed by atoms with Crippen molar-refractivity contribution in [1.29, 1.82) is 0 Å². The number of rotatable bonds is 5. The number of carbonyl (C=O) groups excluding carboxylic acids is 1. The zero-order valence-electron chi connectivity index (χ0n) is 11.8. The number of aryl methyl sites for hydroxylation is 1. The molecule has 0 radical (unpaired) electrons. The highest BCUT2D eigenvalue weighted by Crippen LogP contribution is 2.37. The Morgan fingerprint density at radius 1 is 1.38 bits per heavy atom. The topological polar surface area (TPSA) is 79.4 Å². The van der Waals surface area contributed by atoms with E-state index in [1.54, 1.807) is 4.68 Å². The minimum Gasteiger partial charge on any atom is -0.454 e. The van der Waals surface area contributed by atoms with Crippen LogP contribution in [0.5, 0.6) is 11.5 Å². The largest absolute Gasteiger partial charge is 0.454 e. The molecule has 0 saturated heterocycles. The summed E-state index contributed by atoms with van der Waals surface area (Å²) in [5, 5.41) is 4.48. The van der Waals surface area contributed by atoms with Gasteiger partial charge in [-0.25, -0.2) is 4.68 Å². The summed E-state index contributed by atoms with van der Waals surface area (Å²) in [5.41, 5.74) is 7.82. The second kappa shape index (κ2) is 5.47. The van der Waals surface area contributed by atoms with Crippen molar-refractivity contribution in [2.45, 2.75) is 26.3 Å². The van der Waals surface area contributed by atoms with Crippen molar-refractivity contribution >= 4 is 12.1 Å². The number of nitrogens with two attached hydrogens (primary N) is 1. The monoisotopic (exact) mass is 287 g/mol. The standard InChI is InChI=1S/C15H17N3O3/c1-2-3-6-18-15(16)11(8-19)14(17-18)10-4-5-12-13(7-10)21-9-20-12/h4-5,7-8H,2-3,6,9,16H2,1H3. The number of anilines is 1. The summed E-state index contributed by atoms with van der Waals surface area (Å²) in [6, 6.07) is 5.49. The van der Waals surface area contributed by atoms with E-state index in [-0.39, 0.29) is 6.79 Å². The number of nitrogens with zero attached hydrogens (tertiary/aromatic N) is 2. The second-order valence-corrected chi connectivity index (χ2v) is 4.91. The number of hydrogen-bond donors (Lipinski definition) is 1. The first-order valence-corrected chi connectivity index (χ1v) is 6.96. The summed E-state index contributed by atoms with van der Waals surface area (Å²) in [6.07, 6.45) is 2.75. The Balaban J connectivity index is 2.03. The van der Waals surface area contributed by atoms with Crippen LogP contribution in [0.25, 0.3) is 11.3 Å². The number of carbonyl (C=O) groups is 1. The van der Waals surface area contributed by atoms with Gasteiger partial charge in [0.05, 0.1) is 5.56 Å². The molecule has 0 spiro atoms. The lowest BCUT2D eigenvalue weighted by atomic mass is 10.1. The van der Waals surface area contributed by atoms with Gasteiger partial charge >= 0.3 is 0 Å². The van der Waals surface area contributed by atoms with Gasteiger partial charge < -0.3 is 15.2 Å². The van der Waals surface area contributed by atoms with Crippen LogP contribution >= 0.6 is 0 Å². The van der Waals surface area contributed by atoms with Crippen LogP contribution in [0.2, 0.25) is 0 Å². The van der Waals surface area contributed by atoms with E-state index in [1.807, 2.05) is 18.2 Å². The van der Waals surface area contributed by atoms with Crippen molar-refractivity contribution in [2.75, 3.05) is 12.5 Å². The maximum absolute atomic E-state index is 11.4. The van der Waals surface area contributed by atoms with Crippen molar-refractivity contribution in [3.05, 3.63) is 23.8 Å². The van der Waals surface area contributed by atoms with E-state index in [1.165, 1.54) is 0 Å². The molecule has 0 saturated carbocycles. The molecule has 1 aliphatic heterocycles. The maximum Gasteiger partial charge on any atom is 0.231 e. The lowest BCUT2D eigenvalue weighted by Gasteiger charge is -2.01. The lowest BCUT2D eigenvalue weighted by molar-refractivity contribution is 0.112. The van der Waals surface area contributed by atoms with Crippen molar-refractivity contribution in [2.24, 2.45) is 0 Å². The number of unbranched alkanes of at least 4 members (excludes halogenated alkanes) is 1. The number of aldehydes is 1. The Morgan fingerprint density at radius 3 is 2.95 bits per heavy atom. The van der Waals surface area contributed by atoms with E-state index in [9.17, 15) is 4.79 Å². The molecule has 0 atom stereocenters. The first-order chi connectivity index (χ1) is 10.2. The van der Waals surface area contributed by atoms with Crippen LogP contribution in [0.3, 0.4) is 0 Å². The summed E-state index contributed by atoms with van der Waals surface area (Å²) >= 11 is 0. The van der Waals surface area contributed by atoms with Crippen LogP contribution in [-0.4, -0.2) is 22.9 Å². The molecule has 0 fully saturated rings. The molecule has 21 heavy (non-hydrogen) atoms. The predicted molar refractivity (Wildman–Crippen MR) is 78.5 cm³/mol. The summed E-state index contributed by atoms with van der Waals surface area (Å²) in [6.45, 7) is 3.01. The molecule has 0 amide bonds. The van der Waals surface area contributed by atoms with Gasteiger partial charge in [0.15, 0.2) is 17.8 Å². The molecule has 2 heterocycles. The smallest absolute Gasteiger partial charge is 0.231 e. The normalized spacial score (nSPS) is 12.6. The third-order valence-corrected chi connectivity index (χ3v) is 3.52. The van der Waals surface area contributed by atoms with Crippen LogP contribution < -0.4 is 15.2 Å². The minimum absolute atomic E-state index is 0.215. The number of nitrogen functional groups attached to an aromatic ring is 1. The minimum atomic E-state index is 0.215.